The average molecular weight is 636 g/mol. The number of imide groups is 2. The zero-order valence-electron chi connectivity index (χ0n) is 21.5. The number of carbonyl (C=O) groups excluding carboxylic acids is 4. The Labute approximate surface area is 258 Å². The van der Waals surface area contributed by atoms with E-state index in [0.717, 1.165) is 9.75 Å². The van der Waals surface area contributed by atoms with Gasteiger partial charge in [0.2, 0.25) is 11.8 Å². The Morgan fingerprint density at radius 2 is 0.952 bits per heavy atom. The zero-order valence-corrected chi connectivity index (χ0v) is 24.7. The number of benzene rings is 2. The summed E-state index contributed by atoms with van der Waals surface area (Å²) in [6.45, 7) is 0. The molecule has 12 heteroatoms. The molecule has 4 fully saturated rings. The van der Waals surface area contributed by atoms with Gasteiger partial charge in [-0.3, -0.25) is 19.2 Å². The van der Waals surface area contributed by atoms with Crippen LogP contribution in [0.4, 0.5) is 11.4 Å². The predicted molar refractivity (Wildman–Crippen MR) is 160 cm³/mol. The van der Waals surface area contributed by atoms with Crippen molar-refractivity contribution >= 4 is 80.9 Å². The molecule has 0 unspecified atom stereocenters. The smallest absolute Gasteiger partial charge is 0.253 e. The zero-order chi connectivity index (χ0) is 28.9. The third kappa shape index (κ3) is 3.54. The fourth-order valence-electron chi connectivity index (χ4n) is 7.05. The Morgan fingerprint density at radius 3 is 1.31 bits per heavy atom. The van der Waals surface area contributed by atoms with Crippen molar-refractivity contribution < 1.29 is 19.2 Å². The van der Waals surface area contributed by atoms with Crippen molar-refractivity contribution in [1.82, 2.24) is 10.0 Å². The highest BCUT2D eigenvalue weighted by molar-refractivity contribution is 7.10. The number of hydrazine groups is 1. The number of thiophene rings is 2. The van der Waals surface area contributed by atoms with E-state index in [0.29, 0.717) is 21.4 Å². The Balaban J connectivity index is 1.31. The maximum atomic E-state index is 14.3. The van der Waals surface area contributed by atoms with Gasteiger partial charge in [0, 0.05) is 19.8 Å². The van der Waals surface area contributed by atoms with Gasteiger partial charge in [0.25, 0.3) is 11.8 Å². The van der Waals surface area contributed by atoms with Crippen LogP contribution in [0, 0.1) is 11.8 Å². The van der Waals surface area contributed by atoms with E-state index in [1.807, 2.05) is 45.0 Å². The average Bonchev–Trinajstić information content (AvgIpc) is 3.79. The highest BCUT2D eigenvalue weighted by Gasteiger charge is 2.74. The van der Waals surface area contributed by atoms with Gasteiger partial charge in [-0.05, 0) is 59.3 Å². The number of fused-ring (bicyclic) bond motifs is 5. The van der Waals surface area contributed by atoms with Gasteiger partial charge in [0.05, 0.1) is 35.3 Å². The lowest BCUT2D eigenvalue weighted by atomic mass is 9.88. The molecule has 4 aromatic rings. The summed E-state index contributed by atoms with van der Waals surface area (Å²) in [5, 5.41) is 8.37. The van der Waals surface area contributed by atoms with Crippen molar-refractivity contribution in [1.29, 1.82) is 0 Å². The molecule has 4 saturated heterocycles. The van der Waals surface area contributed by atoms with Crippen molar-refractivity contribution in [3.8, 4) is 0 Å². The summed E-state index contributed by atoms with van der Waals surface area (Å²) in [4.78, 5) is 61.2. The van der Waals surface area contributed by atoms with Crippen LogP contribution in [0.5, 0.6) is 0 Å². The Kier molecular flexibility index (Phi) is 5.98. The van der Waals surface area contributed by atoms with E-state index in [-0.39, 0.29) is 11.8 Å². The van der Waals surface area contributed by atoms with Gasteiger partial charge in [-0.2, -0.15) is 0 Å². The lowest BCUT2D eigenvalue weighted by Gasteiger charge is -2.35. The molecule has 0 saturated carbocycles. The van der Waals surface area contributed by atoms with Crippen molar-refractivity contribution in [3.63, 3.8) is 0 Å². The summed E-state index contributed by atoms with van der Waals surface area (Å²) in [7, 11) is 0. The SMILES string of the molecule is O=C1[C@H]2[C@H](C(=O)N1c1cccc(Cl)c1)N1[C@@H](c3cccs3)[C@H]3C(=O)N(c4cccc(Cl)c4)C(=O)[C@H]3N1[C@H]2c1cccs1. The third-order valence-corrected chi connectivity index (χ3v) is 10.9. The van der Waals surface area contributed by atoms with E-state index in [9.17, 15) is 19.2 Å². The second-order valence-corrected chi connectivity index (χ2v) is 13.4. The van der Waals surface area contributed by atoms with Crippen LogP contribution in [-0.4, -0.2) is 45.7 Å². The van der Waals surface area contributed by atoms with E-state index in [4.69, 9.17) is 23.2 Å². The quantitative estimate of drug-likeness (QED) is 0.273. The molecule has 2 aromatic heterocycles. The second kappa shape index (κ2) is 9.57. The van der Waals surface area contributed by atoms with E-state index >= 15 is 0 Å². The predicted octanol–water partition coefficient (Wildman–Crippen LogP) is 5.56. The van der Waals surface area contributed by atoms with Gasteiger partial charge in [0.1, 0.15) is 12.1 Å². The normalized spacial score (nSPS) is 29.1. The molecule has 6 heterocycles. The highest BCUT2D eigenvalue weighted by atomic mass is 35.5. The van der Waals surface area contributed by atoms with Crippen molar-refractivity contribution in [2.75, 3.05) is 9.80 Å². The van der Waals surface area contributed by atoms with Gasteiger partial charge < -0.3 is 0 Å². The number of hydrogen-bond acceptors (Lipinski definition) is 8. The fraction of sp³-hybridized carbons (Fsp3) is 0.200. The first-order valence-electron chi connectivity index (χ1n) is 13.3. The fourth-order valence-corrected chi connectivity index (χ4v) is 9.15. The minimum absolute atomic E-state index is 0.356. The second-order valence-electron chi connectivity index (χ2n) is 10.6. The third-order valence-electron chi connectivity index (χ3n) is 8.53. The van der Waals surface area contributed by atoms with Crippen molar-refractivity contribution in [2.24, 2.45) is 11.8 Å². The minimum atomic E-state index is -0.901. The van der Waals surface area contributed by atoms with Crippen molar-refractivity contribution in [2.45, 2.75) is 24.2 Å². The molecule has 8 rings (SSSR count). The molecule has 0 radical (unpaired) electrons. The Bertz CT molecular complexity index is 1650. The molecule has 210 valence electrons. The molecule has 2 aromatic carbocycles. The minimum Gasteiger partial charge on any atom is -0.274 e. The van der Waals surface area contributed by atoms with Crippen LogP contribution in [0.1, 0.15) is 21.8 Å². The maximum Gasteiger partial charge on any atom is 0.253 e. The highest BCUT2D eigenvalue weighted by Crippen LogP contribution is 2.60. The van der Waals surface area contributed by atoms with Crippen LogP contribution in [-0.2, 0) is 19.2 Å². The van der Waals surface area contributed by atoms with Crippen LogP contribution >= 0.6 is 45.9 Å². The first-order valence-corrected chi connectivity index (χ1v) is 15.8. The standard InChI is InChI=1S/C30H20Cl2N4O4S2/c31-15-5-1-7-17(13-15)33-27(37)21-23(19-9-3-11-41-19)36-26-22(24(20-10-4-12-42-20)35(36)25(21)29(33)39)28(38)34(30(26)40)18-8-2-6-16(32)14-18/h1-14,21-26H/t21-,22-,23+,24+,25-,26+/m1/s1. The molecule has 0 bridgehead atoms. The maximum absolute atomic E-state index is 14.3. The monoisotopic (exact) mass is 634 g/mol. The molecule has 6 atom stereocenters. The van der Waals surface area contributed by atoms with Gasteiger partial charge in [-0.25, -0.2) is 19.8 Å². The van der Waals surface area contributed by atoms with Gasteiger partial charge in [-0.1, -0.05) is 47.5 Å². The molecule has 0 N–H and O–H groups in total. The Morgan fingerprint density at radius 1 is 0.524 bits per heavy atom. The lowest BCUT2D eigenvalue weighted by Crippen LogP contribution is -2.50. The van der Waals surface area contributed by atoms with Crippen LogP contribution in [0.2, 0.25) is 10.0 Å². The van der Waals surface area contributed by atoms with E-state index < -0.39 is 47.8 Å². The Hall–Kier alpha value is -3.38. The molecule has 4 amide bonds. The number of amides is 4. The summed E-state index contributed by atoms with van der Waals surface area (Å²) in [6.07, 6.45) is 0. The lowest BCUT2D eigenvalue weighted by molar-refractivity contribution is -0.135. The number of carbonyl (C=O) groups is 4. The van der Waals surface area contributed by atoms with Crippen LogP contribution in [0.25, 0.3) is 0 Å². The number of rotatable bonds is 4. The number of halogens is 2. The number of nitrogens with zero attached hydrogens (tertiary/aromatic N) is 4. The van der Waals surface area contributed by atoms with Crippen LogP contribution in [0.3, 0.4) is 0 Å². The van der Waals surface area contributed by atoms with Gasteiger partial charge >= 0.3 is 0 Å². The number of anilines is 2. The van der Waals surface area contributed by atoms with Crippen LogP contribution in [0.15, 0.2) is 83.6 Å². The van der Waals surface area contributed by atoms with E-state index in [1.54, 1.807) is 48.5 Å². The topological polar surface area (TPSA) is 81.2 Å². The number of hydrogen-bond donors (Lipinski definition) is 0. The summed E-state index contributed by atoms with van der Waals surface area (Å²) < 4.78 is 0. The molecule has 0 spiro atoms. The van der Waals surface area contributed by atoms with Crippen molar-refractivity contribution in [3.05, 3.63) is 103 Å². The molecular formula is C30H20Cl2N4O4S2. The van der Waals surface area contributed by atoms with Gasteiger partial charge in [-0.15, -0.1) is 22.7 Å². The molecule has 8 nitrogen and oxygen atoms in total. The van der Waals surface area contributed by atoms with E-state index in [2.05, 4.69) is 0 Å². The summed E-state index contributed by atoms with van der Waals surface area (Å²) in [5.74, 6) is -3.09. The molecule has 42 heavy (non-hydrogen) atoms. The molecule has 4 aliphatic rings. The summed E-state index contributed by atoms with van der Waals surface area (Å²) >= 11 is 15.4. The molecule has 0 aliphatic carbocycles. The first-order chi connectivity index (χ1) is 20.4. The molecule has 4 aliphatic heterocycles. The first kappa shape index (κ1) is 26.3. The van der Waals surface area contributed by atoms with Gasteiger partial charge in [0.15, 0.2) is 0 Å². The largest absolute Gasteiger partial charge is 0.274 e. The van der Waals surface area contributed by atoms with E-state index in [1.165, 1.54) is 32.5 Å². The van der Waals surface area contributed by atoms with Crippen LogP contribution < -0.4 is 9.80 Å². The summed E-state index contributed by atoms with van der Waals surface area (Å²) in [5.41, 5.74) is 0.796. The molecular weight excluding hydrogens is 615 g/mol. The summed E-state index contributed by atoms with van der Waals surface area (Å²) in [6, 6.07) is 17.9.